The van der Waals surface area contributed by atoms with E-state index >= 15 is 0 Å². The first kappa shape index (κ1) is 19.0. The number of carbonyl (C=O) groups is 2. The maximum Gasteiger partial charge on any atom is 0.279 e. The third-order valence-corrected chi connectivity index (χ3v) is 6.66. The number of rotatable bonds is 4. The Hall–Kier alpha value is -0.0300. The monoisotopic (exact) mass is 410 g/mol. The second kappa shape index (κ2) is 7.03. The molecule has 1 aromatic heterocycles. The molecule has 0 spiro atoms. The van der Waals surface area contributed by atoms with E-state index in [1.54, 1.807) is 0 Å². The highest BCUT2D eigenvalue weighted by Crippen LogP contribution is 2.44. The van der Waals surface area contributed by atoms with Gasteiger partial charge in [-0.25, -0.2) is 8.42 Å². The highest BCUT2D eigenvalue weighted by atomic mass is 35.6. The number of amides is 2. The average Bonchev–Trinajstić information content (AvgIpc) is 2.78. The van der Waals surface area contributed by atoms with Crippen molar-refractivity contribution in [2.24, 2.45) is 0 Å². The predicted octanol–water partition coefficient (Wildman–Crippen LogP) is 3.02. The van der Waals surface area contributed by atoms with Crippen molar-refractivity contribution in [1.29, 1.82) is 0 Å². The Bertz CT molecular complexity index is 613. The van der Waals surface area contributed by atoms with Gasteiger partial charge in [-0.3, -0.25) is 9.59 Å². The lowest BCUT2D eigenvalue weighted by Crippen LogP contribution is -2.48. The number of alkyl halides is 3. The summed E-state index contributed by atoms with van der Waals surface area (Å²) in [5, 5.41) is 1.92. The van der Waals surface area contributed by atoms with Crippen molar-refractivity contribution in [2.75, 3.05) is 0 Å². The molecule has 0 radical (unpaired) electrons. The minimum atomic E-state index is -4.23. The Balaban J connectivity index is 3.39. The molecule has 1 heterocycles. The maximum absolute atomic E-state index is 12.5. The van der Waals surface area contributed by atoms with Crippen LogP contribution in [0.25, 0.3) is 0 Å². The summed E-state index contributed by atoms with van der Waals surface area (Å²) >= 11 is 17.9. The Labute approximate surface area is 145 Å². The van der Waals surface area contributed by atoms with Gasteiger partial charge in [-0.05, 0) is 15.3 Å². The van der Waals surface area contributed by atoms with Crippen LogP contribution in [0.1, 0.15) is 13.8 Å². The number of imide groups is 1. The van der Waals surface area contributed by atoms with Crippen LogP contribution < -0.4 is 0 Å². The number of carbonyl (C=O) groups excluding carboxylic acids is 2. The smallest absolute Gasteiger partial charge is 0.273 e. The molecule has 1 rings (SSSR count). The number of hydrogen-bond donors (Lipinski definition) is 0. The zero-order chi connectivity index (χ0) is 16.4. The van der Waals surface area contributed by atoms with Gasteiger partial charge in [0.1, 0.15) is 4.21 Å². The molecular weight excluding hydrogens is 403 g/mol. The highest BCUT2D eigenvalue weighted by Gasteiger charge is 2.41. The standard InChI is InChI=1S/C9H9Cl3N2O4S3/c1-6(15)13(7(2)16)14(20-9(10,11)12)21(17,18)8-4-3-5-19-8/h3-5H,1-2H3. The van der Waals surface area contributed by atoms with Crippen LogP contribution in [-0.4, -0.2) is 32.2 Å². The summed E-state index contributed by atoms with van der Waals surface area (Å²) in [7, 11) is -4.23. The van der Waals surface area contributed by atoms with Gasteiger partial charge in [-0.15, -0.1) is 11.3 Å². The van der Waals surface area contributed by atoms with Crippen LogP contribution in [0.3, 0.4) is 0 Å². The van der Waals surface area contributed by atoms with Crippen molar-refractivity contribution in [1.82, 2.24) is 8.83 Å². The van der Waals surface area contributed by atoms with E-state index in [0.717, 1.165) is 25.2 Å². The van der Waals surface area contributed by atoms with Crippen LogP contribution in [0.5, 0.6) is 0 Å². The summed E-state index contributed by atoms with van der Waals surface area (Å²) in [6, 6.07) is 2.81. The van der Waals surface area contributed by atoms with Crippen LogP contribution >= 0.6 is 58.1 Å². The van der Waals surface area contributed by atoms with Crippen LogP contribution in [0.2, 0.25) is 0 Å². The Morgan fingerprint density at radius 1 is 1.24 bits per heavy atom. The summed E-state index contributed by atoms with van der Waals surface area (Å²) in [4.78, 5) is 23.2. The highest BCUT2D eigenvalue weighted by molar-refractivity contribution is 8.12. The van der Waals surface area contributed by atoms with Gasteiger partial charge >= 0.3 is 0 Å². The molecule has 0 fully saturated rings. The molecule has 0 aliphatic rings. The van der Waals surface area contributed by atoms with Gasteiger partial charge in [0.25, 0.3) is 13.1 Å². The van der Waals surface area contributed by atoms with E-state index in [2.05, 4.69) is 0 Å². The number of hydrogen-bond acceptors (Lipinski definition) is 6. The summed E-state index contributed by atoms with van der Waals surface area (Å²) in [6.07, 6.45) is 0. The molecular formula is C9H9Cl3N2O4S3. The minimum Gasteiger partial charge on any atom is -0.273 e. The van der Waals surface area contributed by atoms with Crippen LogP contribution in [0.15, 0.2) is 21.7 Å². The molecule has 0 unspecified atom stereocenters. The summed E-state index contributed by atoms with van der Waals surface area (Å²) in [5.74, 6) is -1.66. The molecule has 0 N–H and O–H groups in total. The van der Waals surface area contributed by atoms with Crippen molar-refractivity contribution in [3.8, 4) is 0 Å². The molecule has 0 aromatic carbocycles. The normalized spacial score (nSPS) is 12.5. The Morgan fingerprint density at radius 2 is 1.76 bits per heavy atom. The predicted molar refractivity (Wildman–Crippen MR) is 84.4 cm³/mol. The van der Waals surface area contributed by atoms with Crippen molar-refractivity contribution in [3.05, 3.63) is 17.5 Å². The molecule has 12 heteroatoms. The lowest BCUT2D eigenvalue weighted by atomic mass is 10.6. The van der Waals surface area contributed by atoms with E-state index in [1.165, 1.54) is 17.5 Å². The zero-order valence-electron chi connectivity index (χ0n) is 10.6. The number of halogens is 3. The van der Waals surface area contributed by atoms with Gasteiger partial charge in [-0.1, -0.05) is 40.9 Å². The molecule has 2 amide bonds. The van der Waals surface area contributed by atoms with Crippen molar-refractivity contribution < 1.29 is 18.0 Å². The van der Waals surface area contributed by atoms with Crippen LogP contribution in [-0.2, 0) is 19.6 Å². The fourth-order valence-corrected chi connectivity index (χ4v) is 5.94. The van der Waals surface area contributed by atoms with E-state index in [1.807, 2.05) is 0 Å². The number of nitrogens with zero attached hydrogens (tertiary/aromatic N) is 2. The molecule has 6 nitrogen and oxygen atoms in total. The Kier molecular flexibility index (Phi) is 6.37. The number of hydrazine groups is 1. The second-order valence-corrected chi connectivity index (χ2v) is 10.8. The molecule has 1 aromatic rings. The molecule has 0 atom stereocenters. The van der Waals surface area contributed by atoms with Gasteiger partial charge in [0.2, 0.25) is 11.8 Å². The Morgan fingerprint density at radius 3 is 2.10 bits per heavy atom. The third-order valence-electron chi connectivity index (χ3n) is 1.90. The van der Waals surface area contributed by atoms with Crippen molar-refractivity contribution >= 4 is 79.9 Å². The topological polar surface area (TPSA) is 74.8 Å². The quantitative estimate of drug-likeness (QED) is 0.432. The lowest BCUT2D eigenvalue weighted by Gasteiger charge is -2.30. The molecule has 0 saturated carbocycles. The number of sulfonamides is 1. The fraction of sp³-hybridized carbons (Fsp3) is 0.333. The molecule has 0 aliphatic carbocycles. The lowest BCUT2D eigenvalue weighted by molar-refractivity contribution is -0.148. The fourth-order valence-electron chi connectivity index (χ4n) is 1.22. The van der Waals surface area contributed by atoms with E-state index in [0.29, 0.717) is 8.83 Å². The van der Waals surface area contributed by atoms with Crippen molar-refractivity contribution in [2.45, 2.75) is 21.2 Å². The largest absolute Gasteiger partial charge is 0.279 e. The summed E-state index contributed by atoms with van der Waals surface area (Å²) < 4.78 is 23.2. The van der Waals surface area contributed by atoms with Gasteiger partial charge < -0.3 is 0 Å². The van der Waals surface area contributed by atoms with Gasteiger partial charge in [-0.2, -0.15) is 5.01 Å². The van der Waals surface area contributed by atoms with Gasteiger partial charge in [0, 0.05) is 25.8 Å². The van der Waals surface area contributed by atoms with Gasteiger partial charge in [0.15, 0.2) is 0 Å². The average molecular weight is 412 g/mol. The minimum absolute atomic E-state index is 0.100. The zero-order valence-corrected chi connectivity index (χ0v) is 15.3. The first-order valence-electron chi connectivity index (χ1n) is 5.12. The van der Waals surface area contributed by atoms with E-state index < -0.39 is 25.0 Å². The molecule has 118 valence electrons. The molecule has 0 bridgehead atoms. The molecule has 0 aliphatic heterocycles. The number of thiophene rings is 1. The third kappa shape index (κ3) is 4.98. The van der Waals surface area contributed by atoms with E-state index in [4.69, 9.17) is 34.8 Å². The molecule has 0 saturated heterocycles. The van der Waals surface area contributed by atoms with E-state index in [-0.39, 0.29) is 16.2 Å². The molecule has 21 heavy (non-hydrogen) atoms. The first-order chi connectivity index (χ1) is 9.47. The maximum atomic E-state index is 12.5. The second-order valence-electron chi connectivity index (χ2n) is 3.53. The summed E-state index contributed by atoms with van der Waals surface area (Å²) in [5.41, 5.74) is 0. The van der Waals surface area contributed by atoms with E-state index in [9.17, 15) is 18.0 Å². The first-order valence-corrected chi connectivity index (χ1v) is 9.35. The van der Waals surface area contributed by atoms with Gasteiger partial charge in [0.05, 0.1) is 0 Å². The van der Waals surface area contributed by atoms with Crippen LogP contribution in [0, 0.1) is 0 Å². The summed E-state index contributed by atoms with van der Waals surface area (Å²) in [6.45, 7) is 2.05. The van der Waals surface area contributed by atoms with Crippen molar-refractivity contribution in [3.63, 3.8) is 0 Å². The van der Waals surface area contributed by atoms with Crippen LogP contribution in [0.4, 0.5) is 0 Å². The SMILES string of the molecule is CC(=O)N(C(C)=O)N(SC(Cl)(Cl)Cl)S(=O)(=O)c1cccs1.